The van der Waals surface area contributed by atoms with Crippen LogP contribution >= 0.6 is 22.9 Å². The molecule has 106 valence electrons. The SMILES string of the molecule is Fc1cc(OCc2ccc(CNC3CC3)s2)ccc1Cl. The molecule has 1 aliphatic rings. The van der Waals surface area contributed by atoms with Crippen LogP contribution in [0, 0.1) is 5.82 Å². The highest BCUT2D eigenvalue weighted by Crippen LogP contribution is 2.24. The maximum Gasteiger partial charge on any atom is 0.145 e. The van der Waals surface area contributed by atoms with Crippen LogP contribution in [0.25, 0.3) is 0 Å². The fraction of sp³-hybridized carbons (Fsp3) is 0.333. The lowest BCUT2D eigenvalue weighted by atomic mass is 10.3. The molecule has 1 heterocycles. The summed E-state index contributed by atoms with van der Waals surface area (Å²) in [6.45, 7) is 1.38. The van der Waals surface area contributed by atoms with Crippen molar-refractivity contribution in [3.05, 3.63) is 50.9 Å². The van der Waals surface area contributed by atoms with Crippen molar-refractivity contribution in [2.24, 2.45) is 0 Å². The molecule has 0 atom stereocenters. The third-order valence-electron chi connectivity index (χ3n) is 3.13. The molecule has 5 heteroatoms. The first-order chi connectivity index (χ1) is 9.70. The minimum absolute atomic E-state index is 0.113. The molecule has 0 aliphatic heterocycles. The number of benzene rings is 1. The van der Waals surface area contributed by atoms with E-state index in [0.29, 0.717) is 18.4 Å². The second-order valence-corrected chi connectivity index (χ2v) is 6.55. The van der Waals surface area contributed by atoms with Crippen molar-refractivity contribution >= 4 is 22.9 Å². The average molecular weight is 312 g/mol. The van der Waals surface area contributed by atoms with Gasteiger partial charge in [0.05, 0.1) is 5.02 Å². The van der Waals surface area contributed by atoms with Gasteiger partial charge in [-0.3, -0.25) is 0 Å². The van der Waals surface area contributed by atoms with E-state index >= 15 is 0 Å². The molecule has 3 rings (SSSR count). The highest BCUT2D eigenvalue weighted by molar-refractivity contribution is 7.11. The van der Waals surface area contributed by atoms with Crippen LogP contribution in [0.15, 0.2) is 30.3 Å². The Bertz CT molecular complexity index is 597. The van der Waals surface area contributed by atoms with Crippen LogP contribution in [0.1, 0.15) is 22.6 Å². The van der Waals surface area contributed by atoms with Crippen LogP contribution in [-0.4, -0.2) is 6.04 Å². The molecule has 1 N–H and O–H groups in total. The average Bonchev–Trinajstić information content (AvgIpc) is 3.16. The number of halogens is 2. The van der Waals surface area contributed by atoms with Crippen LogP contribution < -0.4 is 10.1 Å². The first-order valence-corrected chi connectivity index (χ1v) is 7.79. The molecule has 2 aromatic rings. The van der Waals surface area contributed by atoms with Gasteiger partial charge < -0.3 is 10.1 Å². The summed E-state index contributed by atoms with van der Waals surface area (Å²) >= 11 is 7.35. The molecular formula is C15H15ClFNOS. The number of hydrogen-bond acceptors (Lipinski definition) is 3. The van der Waals surface area contributed by atoms with E-state index in [4.69, 9.17) is 16.3 Å². The minimum atomic E-state index is -0.454. The fourth-order valence-electron chi connectivity index (χ4n) is 1.85. The van der Waals surface area contributed by atoms with Crippen molar-refractivity contribution in [3.8, 4) is 5.75 Å². The largest absolute Gasteiger partial charge is 0.488 e. The Hall–Kier alpha value is -1.10. The van der Waals surface area contributed by atoms with Crippen molar-refractivity contribution < 1.29 is 9.13 Å². The smallest absolute Gasteiger partial charge is 0.145 e. The van der Waals surface area contributed by atoms with E-state index in [1.54, 1.807) is 17.4 Å². The van der Waals surface area contributed by atoms with E-state index in [2.05, 4.69) is 17.4 Å². The zero-order chi connectivity index (χ0) is 13.9. The van der Waals surface area contributed by atoms with Crippen LogP contribution in [0.4, 0.5) is 4.39 Å². The van der Waals surface area contributed by atoms with Gasteiger partial charge in [-0.2, -0.15) is 0 Å². The maximum atomic E-state index is 13.3. The third kappa shape index (κ3) is 3.72. The minimum Gasteiger partial charge on any atom is -0.488 e. The normalized spacial score (nSPS) is 14.5. The summed E-state index contributed by atoms with van der Waals surface area (Å²) in [5.74, 6) is 0.0441. The van der Waals surface area contributed by atoms with Gasteiger partial charge in [-0.15, -0.1) is 11.3 Å². The fourth-order valence-corrected chi connectivity index (χ4v) is 2.85. The molecular weight excluding hydrogens is 297 g/mol. The van der Waals surface area contributed by atoms with Crippen molar-refractivity contribution in [2.75, 3.05) is 0 Å². The lowest BCUT2D eigenvalue weighted by Crippen LogP contribution is -2.14. The van der Waals surface area contributed by atoms with Gasteiger partial charge in [-0.25, -0.2) is 4.39 Å². The van der Waals surface area contributed by atoms with Gasteiger partial charge in [0.2, 0.25) is 0 Å². The summed E-state index contributed by atoms with van der Waals surface area (Å²) in [4.78, 5) is 2.44. The van der Waals surface area contributed by atoms with Gasteiger partial charge in [-0.1, -0.05) is 11.6 Å². The van der Waals surface area contributed by atoms with Crippen LogP contribution in [0.5, 0.6) is 5.75 Å². The van der Waals surface area contributed by atoms with Crippen LogP contribution in [0.2, 0.25) is 5.02 Å². The summed E-state index contributed by atoms with van der Waals surface area (Å²) in [6, 6.07) is 9.38. The molecule has 1 aliphatic carbocycles. The zero-order valence-corrected chi connectivity index (χ0v) is 12.4. The lowest BCUT2D eigenvalue weighted by Gasteiger charge is -2.05. The Kier molecular flexibility index (Phi) is 4.24. The Labute approximate surface area is 126 Å². The summed E-state index contributed by atoms with van der Waals surface area (Å²) in [7, 11) is 0. The highest BCUT2D eigenvalue weighted by Gasteiger charge is 2.20. The molecule has 0 amide bonds. The molecule has 1 aromatic heterocycles. The summed E-state index contributed by atoms with van der Waals surface area (Å²) in [5.41, 5.74) is 0. The van der Waals surface area contributed by atoms with E-state index < -0.39 is 5.82 Å². The molecule has 0 saturated heterocycles. The summed E-state index contributed by atoms with van der Waals surface area (Å²) < 4.78 is 18.8. The van der Waals surface area contributed by atoms with Crippen molar-refractivity contribution in [1.82, 2.24) is 5.32 Å². The first-order valence-electron chi connectivity index (χ1n) is 6.59. The second-order valence-electron chi connectivity index (χ2n) is 4.89. The maximum absolute atomic E-state index is 13.3. The second kappa shape index (κ2) is 6.12. The Morgan fingerprint density at radius 1 is 1.25 bits per heavy atom. The monoisotopic (exact) mass is 311 g/mol. The van der Waals surface area contributed by atoms with Crippen LogP contribution in [0.3, 0.4) is 0 Å². The number of thiophene rings is 1. The summed E-state index contributed by atoms with van der Waals surface area (Å²) in [5, 5.41) is 3.59. The van der Waals surface area contributed by atoms with Gasteiger partial charge in [0, 0.05) is 28.4 Å². The first kappa shape index (κ1) is 13.9. The topological polar surface area (TPSA) is 21.3 Å². The quantitative estimate of drug-likeness (QED) is 0.855. The van der Waals surface area contributed by atoms with Gasteiger partial charge >= 0.3 is 0 Å². The van der Waals surface area contributed by atoms with Gasteiger partial charge in [0.15, 0.2) is 0 Å². The molecule has 0 unspecified atom stereocenters. The third-order valence-corrected chi connectivity index (χ3v) is 4.50. The van der Waals surface area contributed by atoms with E-state index in [1.807, 2.05) is 0 Å². The van der Waals surface area contributed by atoms with Gasteiger partial charge in [-0.05, 0) is 37.1 Å². The predicted molar refractivity (Wildman–Crippen MR) is 79.9 cm³/mol. The predicted octanol–water partition coefficient (Wildman–Crippen LogP) is 4.37. The van der Waals surface area contributed by atoms with Crippen LogP contribution in [-0.2, 0) is 13.2 Å². The number of nitrogens with one attached hydrogen (secondary N) is 1. The lowest BCUT2D eigenvalue weighted by molar-refractivity contribution is 0.308. The molecule has 0 spiro atoms. The van der Waals surface area contributed by atoms with E-state index in [0.717, 1.165) is 11.4 Å². The van der Waals surface area contributed by atoms with E-state index in [-0.39, 0.29) is 5.02 Å². The molecule has 2 nitrogen and oxygen atoms in total. The van der Waals surface area contributed by atoms with Crippen molar-refractivity contribution in [3.63, 3.8) is 0 Å². The number of rotatable bonds is 6. The highest BCUT2D eigenvalue weighted by atomic mass is 35.5. The standard InChI is InChI=1S/C15H15ClFNOS/c16-14-6-3-11(7-15(14)17)19-9-13-5-4-12(20-13)8-18-10-1-2-10/h3-7,10,18H,1-2,8-9H2. The Morgan fingerprint density at radius 3 is 2.80 bits per heavy atom. The van der Waals surface area contributed by atoms with E-state index in [1.165, 1.54) is 29.9 Å². The molecule has 1 fully saturated rings. The van der Waals surface area contributed by atoms with Crippen molar-refractivity contribution in [1.29, 1.82) is 0 Å². The molecule has 0 radical (unpaired) electrons. The summed E-state index contributed by atoms with van der Waals surface area (Å²) in [6.07, 6.45) is 2.59. The molecule has 0 bridgehead atoms. The molecule has 1 aromatic carbocycles. The Morgan fingerprint density at radius 2 is 2.05 bits per heavy atom. The van der Waals surface area contributed by atoms with Gasteiger partial charge in [0.25, 0.3) is 0 Å². The number of ether oxygens (including phenoxy) is 1. The molecule has 20 heavy (non-hydrogen) atoms. The zero-order valence-electron chi connectivity index (χ0n) is 10.9. The molecule has 1 saturated carbocycles. The van der Waals surface area contributed by atoms with E-state index in [9.17, 15) is 4.39 Å². The van der Waals surface area contributed by atoms with Gasteiger partial charge in [0.1, 0.15) is 18.2 Å². The van der Waals surface area contributed by atoms with Crippen molar-refractivity contribution in [2.45, 2.75) is 32.0 Å². The Balaban J connectivity index is 1.53. The number of hydrogen-bond donors (Lipinski definition) is 1.